The predicted octanol–water partition coefficient (Wildman–Crippen LogP) is 3.49. The summed E-state index contributed by atoms with van der Waals surface area (Å²) in [6.07, 6.45) is 0. The van der Waals surface area contributed by atoms with Crippen LogP contribution in [0.5, 0.6) is 5.75 Å². The molecule has 0 saturated carbocycles. The lowest BCUT2D eigenvalue weighted by molar-refractivity contribution is -0.385. The fourth-order valence-electron chi connectivity index (χ4n) is 1.87. The molecule has 0 radical (unpaired) electrons. The minimum absolute atomic E-state index is 0.00539. The molecule has 0 aliphatic heterocycles. The molecule has 0 heterocycles. The van der Waals surface area contributed by atoms with Gasteiger partial charge in [0, 0.05) is 17.2 Å². The standard InChI is InChI=1S/C15H11FN2O3/c1-10-6-14(4-5-15(10)18(19)20)21-9-12-7-13(16)3-2-11(12)8-17/h2-7H,9H2,1H3. The van der Waals surface area contributed by atoms with Gasteiger partial charge in [-0.15, -0.1) is 0 Å². The Morgan fingerprint density at radius 3 is 2.71 bits per heavy atom. The Labute approximate surface area is 120 Å². The summed E-state index contributed by atoms with van der Waals surface area (Å²) < 4.78 is 18.6. The summed E-state index contributed by atoms with van der Waals surface area (Å²) in [6.45, 7) is 1.62. The van der Waals surface area contributed by atoms with Crippen molar-refractivity contribution in [1.29, 1.82) is 5.26 Å². The van der Waals surface area contributed by atoms with Crippen LogP contribution in [0.25, 0.3) is 0 Å². The Morgan fingerprint density at radius 2 is 2.10 bits per heavy atom. The molecule has 0 amide bonds. The quantitative estimate of drug-likeness (QED) is 0.636. The first kappa shape index (κ1) is 14.5. The van der Waals surface area contributed by atoms with E-state index in [0.29, 0.717) is 22.4 Å². The normalized spacial score (nSPS) is 9.95. The van der Waals surface area contributed by atoms with Crippen LogP contribution in [0.2, 0.25) is 0 Å². The molecule has 0 fully saturated rings. The molecule has 0 aromatic heterocycles. The molecule has 0 N–H and O–H groups in total. The lowest BCUT2D eigenvalue weighted by Gasteiger charge is -2.08. The number of nitro benzene ring substituents is 1. The maximum Gasteiger partial charge on any atom is 0.272 e. The topological polar surface area (TPSA) is 76.2 Å². The zero-order chi connectivity index (χ0) is 15.4. The van der Waals surface area contributed by atoms with Crippen molar-refractivity contribution in [2.45, 2.75) is 13.5 Å². The first-order valence-corrected chi connectivity index (χ1v) is 6.07. The molecule has 21 heavy (non-hydrogen) atoms. The van der Waals surface area contributed by atoms with E-state index in [9.17, 15) is 14.5 Å². The van der Waals surface area contributed by atoms with E-state index in [-0.39, 0.29) is 12.3 Å². The van der Waals surface area contributed by atoms with E-state index < -0.39 is 10.7 Å². The minimum atomic E-state index is -0.473. The van der Waals surface area contributed by atoms with Crippen molar-refractivity contribution in [2.75, 3.05) is 0 Å². The van der Waals surface area contributed by atoms with Crippen LogP contribution >= 0.6 is 0 Å². The molecule has 0 saturated heterocycles. The van der Waals surface area contributed by atoms with Crippen LogP contribution in [0.4, 0.5) is 10.1 Å². The second-order valence-electron chi connectivity index (χ2n) is 4.41. The average molecular weight is 286 g/mol. The summed E-state index contributed by atoms with van der Waals surface area (Å²) in [5, 5.41) is 19.7. The highest BCUT2D eigenvalue weighted by atomic mass is 19.1. The average Bonchev–Trinajstić information content (AvgIpc) is 2.45. The summed E-state index contributed by atoms with van der Waals surface area (Å²) in [5.41, 5.74) is 1.23. The van der Waals surface area contributed by atoms with Crippen molar-refractivity contribution in [3.8, 4) is 11.8 Å². The molecule has 6 heteroatoms. The molecule has 5 nitrogen and oxygen atoms in total. The molecule has 2 rings (SSSR count). The summed E-state index contributed by atoms with van der Waals surface area (Å²) >= 11 is 0. The summed E-state index contributed by atoms with van der Waals surface area (Å²) in [6, 6.07) is 10.1. The molecule has 0 bridgehead atoms. The van der Waals surface area contributed by atoms with Crippen molar-refractivity contribution >= 4 is 5.69 Å². The summed E-state index contributed by atoms with van der Waals surface area (Å²) in [5.74, 6) is -0.0290. The van der Waals surface area contributed by atoms with E-state index in [0.717, 1.165) is 0 Å². The molecule has 106 valence electrons. The van der Waals surface area contributed by atoms with Crippen LogP contribution in [-0.4, -0.2) is 4.92 Å². The van der Waals surface area contributed by atoms with Gasteiger partial charge in [-0.05, 0) is 37.3 Å². The molecular formula is C15H11FN2O3. The highest BCUT2D eigenvalue weighted by Gasteiger charge is 2.11. The highest BCUT2D eigenvalue weighted by molar-refractivity contribution is 5.44. The van der Waals surface area contributed by atoms with E-state index in [1.807, 2.05) is 6.07 Å². The Bertz CT molecular complexity index is 738. The van der Waals surface area contributed by atoms with Crippen LogP contribution in [0.3, 0.4) is 0 Å². The van der Waals surface area contributed by atoms with Crippen LogP contribution in [0, 0.1) is 34.2 Å². The molecule has 0 atom stereocenters. The molecule has 2 aromatic carbocycles. The number of rotatable bonds is 4. The third-order valence-corrected chi connectivity index (χ3v) is 2.95. The van der Waals surface area contributed by atoms with Crippen molar-refractivity contribution in [3.63, 3.8) is 0 Å². The summed E-state index contributed by atoms with van der Waals surface area (Å²) in [7, 11) is 0. The third kappa shape index (κ3) is 3.34. The second kappa shape index (κ2) is 6.01. The van der Waals surface area contributed by atoms with Gasteiger partial charge in [-0.1, -0.05) is 0 Å². The van der Waals surface area contributed by atoms with Crippen LogP contribution in [-0.2, 0) is 6.61 Å². The van der Waals surface area contributed by atoms with Gasteiger partial charge < -0.3 is 4.74 Å². The van der Waals surface area contributed by atoms with Gasteiger partial charge in [0.25, 0.3) is 5.69 Å². The SMILES string of the molecule is Cc1cc(OCc2cc(F)ccc2C#N)ccc1[N+](=O)[O-]. The van der Waals surface area contributed by atoms with Crippen molar-refractivity contribution in [1.82, 2.24) is 0 Å². The summed E-state index contributed by atoms with van der Waals surface area (Å²) in [4.78, 5) is 10.2. The van der Waals surface area contributed by atoms with Gasteiger partial charge in [0.1, 0.15) is 18.2 Å². The molecule has 0 aliphatic rings. The smallest absolute Gasteiger partial charge is 0.272 e. The molecule has 2 aromatic rings. The Balaban J connectivity index is 2.17. The van der Waals surface area contributed by atoms with Crippen molar-refractivity contribution < 1.29 is 14.1 Å². The number of halogens is 1. The fraction of sp³-hybridized carbons (Fsp3) is 0.133. The monoisotopic (exact) mass is 286 g/mol. The minimum Gasteiger partial charge on any atom is -0.489 e. The van der Waals surface area contributed by atoms with E-state index in [1.54, 1.807) is 6.92 Å². The van der Waals surface area contributed by atoms with Gasteiger partial charge in [0.15, 0.2) is 0 Å². The van der Waals surface area contributed by atoms with Crippen molar-refractivity contribution in [3.05, 3.63) is 69.0 Å². The molecule has 0 unspecified atom stereocenters. The Hall–Kier alpha value is -2.94. The number of hydrogen-bond donors (Lipinski definition) is 0. The first-order valence-electron chi connectivity index (χ1n) is 6.07. The molecule has 0 aliphatic carbocycles. The maximum atomic E-state index is 13.2. The van der Waals surface area contributed by atoms with Gasteiger partial charge in [0.2, 0.25) is 0 Å². The Morgan fingerprint density at radius 1 is 1.33 bits per heavy atom. The molecule has 0 spiro atoms. The van der Waals surface area contributed by atoms with E-state index >= 15 is 0 Å². The van der Waals surface area contributed by atoms with Gasteiger partial charge in [-0.25, -0.2) is 4.39 Å². The number of nitro groups is 1. The van der Waals surface area contributed by atoms with Gasteiger partial charge in [-0.3, -0.25) is 10.1 Å². The fourth-order valence-corrected chi connectivity index (χ4v) is 1.87. The van der Waals surface area contributed by atoms with Gasteiger partial charge in [0.05, 0.1) is 16.6 Å². The Kier molecular flexibility index (Phi) is 4.14. The predicted molar refractivity (Wildman–Crippen MR) is 73.3 cm³/mol. The van der Waals surface area contributed by atoms with Crippen LogP contribution in [0.15, 0.2) is 36.4 Å². The third-order valence-electron chi connectivity index (χ3n) is 2.95. The lowest BCUT2D eigenvalue weighted by atomic mass is 10.1. The zero-order valence-corrected chi connectivity index (χ0v) is 11.2. The second-order valence-corrected chi connectivity index (χ2v) is 4.41. The zero-order valence-electron chi connectivity index (χ0n) is 11.2. The van der Waals surface area contributed by atoms with E-state index in [4.69, 9.17) is 10.00 Å². The number of hydrogen-bond acceptors (Lipinski definition) is 4. The highest BCUT2D eigenvalue weighted by Crippen LogP contribution is 2.24. The number of nitriles is 1. The largest absolute Gasteiger partial charge is 0.489 e. The first-order chi connectivity index (χ1) is 10.0. The van der Waals surface area contributed by atoms with Gasteiger partial charge >= 0.3 is 0 Å². The number of ether oxygens (including phenoxy) is 1. The van der Waals surface area contributed by atoms with E-state index in [1.165, 1.54) is 36.4 Å². The number of benzene rings is 2. The van der Waals surface area contributed by atoms with Crippen LogP contribution < -0.4 is 4.74 Å². The van der Waals surface area contributed by atoms with Crippen LogP contribution in [0.1, 0.15) is 16.7 Å². The van der Waals surface area contributed by atoms with E-state index in [2.05, 4.69) is 0 Å². The number of nitrogens with zero attached hydrogens (tertiary/aromatic N) is 2. The van der Waals surface area contributed by atoms with Crippen molar-refractivity contribution in [2.24, 2.45) is 0 Å². The lowest BCUT2D eigenvalue weighted by Crippen LogP contribution is -2.00. The molecular weight excluding hydrogens is 275 g/mol. The number of aryl methyl sites for hydroxylation is 1. The van der Waals surface area contributed by atoms with Gasteiger partial charge in [-0.2, -0.15) is 5.26 Å². The maximum absolute atomic E-state index is 13.2.